The first-order valence-electron chi connectivity index (χ1n) is 8.39. The predicted octanol–water partition coefficient (Wildman–Crippen LogP) is 2.30. The van der Waals surface area contributed by atoms with Gasteiger partial charge in [-0.15, -0.1) is 0 Å². The molecule has 8 heteroatoms. The van der Waals surface area contributed by atoms with Crippen molar-refractivity contribution in [3.63, 3.8) is 0 Å². The molecule has 1 fully saturated rings. The molecule has 1 saturated heterocycles. The van der Waals surface area contributed by atoms with Gasteiger partial charge in [-0.2, -0.15) is 0 Å². The number of ether oxygens (including phenoxy) is 1. The molecule has 0 unspecified atom stereocenters. The molecule has 0 bridgehead atoms. The molecule has 1 heterocycles. The molecule has 25 heavy (non-hydrogen) atoms. The van der Waals surface area contributed by atoms with E-state index in [-0.39, 0.29) is 5.75 Å². The molecule has 1 aromatic carbocycles. The second kappa shape index (κ2) is 8.40. The topological polar surface area (TPSA) is 71.0 Å². The second-order valence-corrected chi connectivity index (χ2v) is 10.2. The smallest absolute Gasteiger partial charge is 0.194 e. The first-order valence-corrected chi connectivity index (χ1v) is 10.8. The van der Waals surface area contributed by atoms with E-state index in [0.29, 0.717) is 26.2 Å². The summed E-state index contributed by atoms with van der Waals surface area (Å²) in [4.78, 5) is 6.61. The lowest BCUT2D eigenvalue weighted by Gasteiger charge is -2.39. The molecule has 1 aliphatic heterocycles. The summed E-state index contributed by atoms with van der Waals surface area (Å²) >= 11 is 3.41. The lowest BCUT2D eigenvalue weighted by Crippen LogP contribution is -2.57. The molecular formula is C17H26BrN3O3S. The number of guanidine groups is 1. The minimum Gasteiger partial charge on any atom is -0.492 e. The van der Waals surface area contributed by atoms with E-state index in [2.05, 4.69) is 26.2 Å². The number of rotatable bonds is 5. The Kier molecular flexibility index (Phi) is 6.73. The van der Waals surface area contributed by atoms with E-state index in [0.717, 1.165) is 22.7 Å². The minimum absolute atomic E-state index is 0.152. The highest BCUT2D eigenvalue weighted by molar-refractivity contribution is 9.10. The zero-order chi connectivity index (χ0) is 18.5. The van der Waals surface area contributed by atoms with Gasteiger partial charge in [0.05, 0.1) is 17.0 Å². The summed E-state index contributed by atoms with van der Waals surface area (Å²) in [5.74, 6) is 1.68. The summed E-state index contributed by atoms with van der Waals surface area (Å²) in [5, 5.41) is 3.24. The van der Waals surface area contributed by atoms with Gasteiger partial charge in [0.2, 0.25) is 0 Å². The minimum atomic E-state index is -3.06. The van der Waals surface area contributed by atoms with E-state index in [4.69, 9.17) is 4.74 Å². The summed E-state index contributed by atoms with van der Waals surface area (Å²) in [5.41, 5.74) is 0. The molecule has 0 aromatic heterocycles. The predicted molar refractivity (Wildman–Crippen MR) is 105 cm³/mol. The van der Waals surface area contributed by atoms with Crippen LogP contribution in [0.2, 0.25) is 0 Å². The van der Waals surface area contributed by atoms with Crippen molar-refractivity contribution in [3.8, 4) is 5.75 Å². The van der Waals surface area contributed by atoms with E-state index in [1.807, 2.05) is 36.1 Å². The van der Waals surface area contributed by atoms with Crippen molar-refractivity contribution in [2.45, 2.75) is 25.5 Å². The zero-order valence-corrected chi connectivity index (χ0v) is 17.4. The highest BCUT2D eigenvalue weighted by atomic mass is 79.9. The SMILES string of the molecule is CCNC(=NCCOc1cccc(Br)c1)N1CCS(=O)(=O)C(C)(C)C1. The molecule has 0 amide bonds. The van der Waals surface area contributed by atoms with Crippen molar-refractivity contribution in [2.24, 2.45) is 4.99 Å². The van der Waals surface area contributed by atoms with E-state index in [1.165, 1.54) is 0 Å². The van der Waals surface area contributed by atoms with E-state index >= 15 is 0 Å². The third-order valence-electron chi connectivity index (χ3n) is 4.10. The average molecular weight is 432 g/mol. The Morgan fingerprint density at radius 3 is 2.84 bits per heavy atom. The Bertz CT molecular complexity index is 720. The number of hydrogen-bond donors (Lipinski definition) is 1. The van der Waals surface area contributed by atoms with Crippen molar-refractivity contribution in [1.29, 1.82) is 0 Å². The van der Waals surface area contributed by atoms with Gasteiger partial charge in [-0.05, 0) is 39.0 Å². The van der Waals surface area contributed by atoms with Crippen LogP contribution in [0.3, 0.4) is 0 Å². The van der Waals surface area contributed by atoms with Gasteiger partial charge < -0.3 is 15.0 Å². The standard InChI is InChI=1S/C17H26BrN3O3S/c1-4-19-16(21-9-11-25(22,23)17(2,3)13-21)20-8-10-24-15-7-5-6-14(18)12-15/h5-7,12H,4,8-11,13H2,1-3H3,(H,19,20). The summed E-state index contributed by atoms with van der Waals surface area (Å²) in [6.07, 6.45) is 0. The number of halogens is 1. The van der Waals surface area contributed by atoms with Crippen molar-refractivity contribution in [1.82, 2.24) is 10.2 Å². The molecule has 0 spiro atoms. The fourth-order valence-corrected chi connectivity index (χ4v) is 4.37. The van der Waals surface area contributed by atoms with E-state index < -0.39 is 14.6 Å². The van der Waals surface area contributed by atoms with Gasteiger partial charge in [-0.25, -0.2) is 13.4 Å². The maximum atomic E-state index is 12.2. The van der Waals surface area contributed by atoms with Crippen LogP contribution in [0.1, 0.15) is 20.8 Å². The van der Waals surface area contributed by atoms with Gasteiger partial charge in [0.25, 0.3) is 0 Å². The summed E-state index contributed by atoms with van der Waals surface area (Å²) < 4.78 is 30.2. The van der Waals surface area contributed by atoms with Gasteiger partial charge in [0.15, 0.2) is 15.8 Å². The fraction of sp³-hybridized carbons (Fsp3) is 0.588. The Balaban J connectivity index is 1.96. The summed E-state index contributed by atoms with van der Waals surface area (Å²) in [7, 11) is -3.06. The molecule has 0 aliphatic carbocycles. The Morgan fingerprint density at radius 2 is 2.20 bits per heavy atom. The lowest BCUT2D eigenvalue weighted by molar-refractivity contribution is 0.323. The van der Waals surface area contributed by atoms with Crippen molar-refractivity contribution < 1.29 is 13.2 Å². The van der Waals surface area contributed by atoms with Crippen molar-refractivity contribution in [3.05, 3.63) is 28.7 Å². The molecule has 0 atom stereocenters. The van der Waals surface area contributed by atoms with Gasteiger partial charge in [0, 0.05) is 24.1 Å². The molecule has 140 valence electrons. The van der Waals surface area contributed by atoms with E-state index in [1.54, 1.807) is 13.8 Å². The summed E-state index contributed by atoms with van der Waals surface area (Å²) in [6.45, 7) is 8.13. The number of hydrogen-bond acceptors (Lipinski definition) is 4. The fourth-order valence-electron chi connectivity index (χ4n) is 2.62. The maximum absolute atomic E-state index is 12.2. The van der Waals surface area contributed by atoms with Gasteiger partial charge >= 0.3 is 0 Å². The van der Waals surface area contributed by atoms with Gasteiger partial charge in [-0.3, -0.25) is 0 Å². The highest BCUT2D eigenvalue weighted by Gasteiger charge is 2.40. The van der Waals surface area contributed by atoms with Crippen LogP contribution in [0, 0.1) is 0 Å². The number of aliphatic imine (C=N–C) groups is 1. The van der Waals surface area contributed by atoms with Crippen LogP contribution in [0.25, 0.3) is 0 Å². The van der Waals surface area contributed by atoms with Crippen LogP contribution >= 0.6 is 15.9 Å². The molecule has 0 radical (unpaired) electrons. The number of nitrogens with one attached hydrogen (secondary N) is 1. The molecule has 0 saturated carbocycles. The molecule has 1 N–H and O–H groups in total. The molecule has 1 aromatic rings. The highest BCUT2D eigenvalue weighted by Crippen LogP contribution is 2.23. The number of sulfone groups is 1. The van der Waals surface area contributed by atoms with Crippen LogP contribution in [0.5, 0.6) is 5.75 Å². The van der Waals surface area contributed by atoms with Gasteiger partial charge in [0.1, 0.15) is 12.4 Å². The second-order valence-electron chi connectivity index (χ2n) is 6.54. The van der Waals surface area contributed by atoms with Crippen LogP contribution in [0.15, 0.2) is 33.7 Å². The molecule has 1 aliphatic rings. The van der Waals surface area contributed by atoms with Crippen molar-refractivity contribution >= 4 is 31.7 Å². The maximum Gasteiger partial charge on any atom is 0.194 e. The molecule has 2 rings (SSSR count). The largest absolute Gasteiger partial charge is 0.492 e. The molecular weight excluding hydrogens is 406 g/mol. The summed E-state index contributed by atoms with van der Waals surface area (Å²) in [6, 6.07) is 7.67. The van der Waals surface area contributed by atoms with Crippen LogP contribution in [0.4, 0.5) is 0 Å². The molecule has 6 nitrogen and oxygen atoms in total. The van der Waals surface area contributed by atoms with Crippen LogP contribution in [-0.4, -0.2) is 62.6 Å². The number of nitrogens with zero attached hydrogens (tertiary/aromatic N) is 2. The monoisotopic (exact) mass is 431 g/mol. The van der Waals surface area contributed by atoms with Gasteiger partial charge in [-0.1, -0.05) is 22.0 Å². The first kappa shape index (κ1) is 20.0. The quantitative estimate of drug-likeness (QED) is 0.439. The van der Waals surface area contributed by atoms with Crippen LogP contribution in [-0.2, 0) is 9.84 Å². The first-order chi connectivity index (χ1) is 11.7. The third-order valence-corrected chi connectivity index (χ3v) is 7.12. The lowest BCUT2D eigenvalue weighted by atomic mass is 10.2. The Labute approximate surface area is 158 Å². The Hall–Kier alpha value is -1.28. The van der Waals surface area contributed by atoms with E-state index in [9.17, 15) is 8.42 Å². The van der Waals surface area contributed by atoms with Crippen molar-refractivity contribution in [2.75, 3.05) is 38.5 Å². The zero-order valence-electron chi connectivity index (χ0n) is 15.0. The Morgan fingerprint density at radius 1 is 1.44 bits per heavy atom. The third kappa shape index (κ3) is 5.34. The average Bonchev–Trinajstić information content (AvgIpc) is 2.53. The number of benzene rings is 1. The van der Waals surface area contributed by atoms with Crippen LogP contribution < -0.4 is 10.1 Å². The normalized spacial score (nSPS) is 19.5.